The molecular weight excluding hydrogens is 397 g/mol. The van der Waals surface area contributed by atoms with Crippen LogP contribution in [0.25, 0.3) is 0 Å². The average molecular weight is 423 g/mol. The zero-order valence-electron chi connectivity index (χ0n) is 17.6. The molecule has 9 heteroatoms. The Bertz CT molecular complexity index is 916. The van der Waals surface area contributed by atoms with Crippen molar-refractivity contribution in [3.05, 3.63) is 53.0 Å². The van der Waals surface area contributed by atoms with Crippen molar-refractivity contribution in [3.63, 3.8) is 0 Å². The van der Waals surface area contributed by atoms with Gasteiger partial charge in [-0.15, -0.1) is 0 Å². The predicted molar refractivity (Wildman–Crippen MR) is 114 cm³/mol. The molecule has 2 radical (unpaired) electrons. The first-order chi connectivity index (χ1) is 15.0. The van der Waals surface area contributed by atoms with E-state index in [1.54, 1.807) is 7.11 Å². The number of methoxy groups -OCH3 is 1. The number of aromatic nitrogens is 1. The molecule has 31 heavy (non-hydrogen) atoms. The highest BCUT2D eigenvalue weighted by Crippen LogP contribution is 2.39. The lowest BCUT2D eigenvalue weighted by molar-refractivity contribution is -0.608. The van der Waals surface area contributed by atoms with Crippen LogP contribution in [0.3, 0.4) is 0 Å². The molecule has 5 rings (SSSR count). The van der Waals surface area contributed by atoms with Gasteiger partial charge in [-0.05, 0) is 62.0 Å². The third kappa shape index (κ3) is 4.71. The van der Waals surface area contributed by atoms with Gasteiger partial charge < -0.3 is 29.6 Å². The molecule has 1 aromatic carbocycles. The Kier molecular flexibility index (Phi) is 6.22. The minimum Gasteiger partial charge on any atom is -0.618 e. The maximum Gasteiger partial charge on any atom is 0.374 e. The summed E-state index contributed by atoms with van der Waals surface area (Å²) in [6, 6.07) is 8.65. The second-order valence-electron chi connectivity index (χ2n) is 8.24. The summed E-state index contributed by atoms with van der Waals surface area (Å²) >= 11 is 0. The zero-order valence-corrected chi connectivity index (χ0v) is 17.6. The Hall–Kier alpha value is -2.94. The van der Waals surface area contributed by atoms with Gasteiger partial charge in [-0.1, -0.05) is 12.1 Å². The summed E-state index contributed by atoms with van der Waals surface area (Å²) in [5, 5.41) is 15.4. The lowest BCUT2D eigenvalue weighted by Crippen LogP contribution is -2.53. The third-order valence-corrected chi connectivity index (χ3v) is 6.39. The summed E-state index contributed by atoms with van der Waals surface area (Å²) in [6.07, 6.45) is 4.37. The van der Waals surface area contributed by atoms with E-state index >= 15 is 0 Å². The standard InChI is InChI=1S/C22H26BN3O5/c1-29-17-4-2-16(3-5-17)14-30-20-13-26(28)18(12-19(20)31-23)21(27)24-15-22-6-9-25(10-7-22)11-8-22/h2-5,12-13H,6-11,14-15H2,1H3,(H,24,27). The maximum atomic E-state index is 12.7. The molecule has 1 aromatic heterocycles. The largest absolute Gasteiger partial charge is 0.618 e. The van der Waals surface area contributed by atoms with Crippen molar-refractivity contribution in [3.8, 4) is 17.2 Å². The number of amides is 1. The van der Waals surface area contributed by atoms with Gasteiger partial charge in [-0.3, -0.25) is 4.79 Å². The first-order valence-electron chi connectivity index (χ1n) is 10.4. The fourth-order valence-electron chi connectivity index (χ4n) is 4.27. The number of benzene rings is 1. The molecule has 3 fully saturated rings. The van der Waals surface area contributed by atoms with Gasteiger partial charge >= 0.3 is 14.0 Å². The lowest BCUT2D eigenvalue weighted by atomic mass is 9.72. The number of ether oxygens (including phenoxy) is 2. The van der Waals surface area contributed by atoms with Gasteiger partial charge in [-0.25, -0.2) is 0 Å². The van der Waals surface area contributed by atoms with Crippen LogP contribution in [-0.4, -0.2) is 52.1 Å². The maximum absolute atomic E-state index is 12.7. The SMILES string of the molecule is [B]Oc1cc(C(=O)NCC23CCN(CC2)CC3)[n+]([O-])cc1OCc1ccc(OC)cc1. The van der Waals surface area contributed by atoms with Crippen LogP contribution < -0.4 is 24.2 Å². The number of rotatable bonds is 8. The van der Waals surface area contributed by atoms with E-state index in [9.17, 15) is 10.0 Å². The highest BCUT2D eigenvalue weighted by atomic mass is 16.5. The molecular formula is C22H26BN3O5. The number of nitrogens with zero attached hydrogens (tertiary/aromatic N) is 2. The van der Waals surface area contributed by atoms with Crippen molar-refractivity contribution in [2.75, 3.05) is 33.3 Å². The summed E-state index contributed by atoms with van der Waals surface area (Å²) in [4.78, 5) is 15.2. The number of carbonyl (C=O) groups excluding carboxylic acids is 1. The zero-order chi connectivity index (χ0) is 21.8. The predicted octanol–water partition coefficient (Wildman–Crippen LogP) is 1.59. The molecule has 4 heterocycles. The van der Waals surface area contributed by atoms with Crippen LogP contribution in [0, 0.1) is 10.6 Å². The Labute approximate surface area is 183 Å². The number of nitrogens with one attached hydrogen (secondary N) is 1. The summed E-state index contributed by atoms with van der Waals surface area (Å²) in [5.74, 6) is 0.566. The van der Waals surface area contributed by atoms with Crippen LogP contribution >= 0.6 is 0 Å². The van der Waals surface area contributed by atoms with Gasteiger partial charge in [-0.2, -0.15) is 4.73 Å². The number of hydrogen-bond acceptors (Lipinski definition) is 6. The van der Waals surface area contributed by atoms with Crippen LogP contribution in [0.5, 0.6) is 17.2 Å². The second kappa shape index (κ2) is 9.05. The van der Waals surface area contributed by atoms with E-state index in [4.69, 9.17) is 22.2 Å². The molecule has 3 aliphatic heterocycles. The van der Waals surface area contributed by atoms with E-state index in [-0.39, 0.29) is 29.2 Å². The van der Waals surface area contributed by atoms with Gasteiger partial charge in [0.25, 0.3) is 5.69 Å². The van der Waals surface area contributed by atoms with Crippen molar-refractivity contribution >= 4 is 14.0 Å². The number of fused-ring (bicyclic) bond motifs is 3. The summed E-state index contributed by atoms with van der Waals surface area (Å²) < 4.78 is 16.2. The minimum atomic E-state index is -0.447. The molecule has 2 bridgehead atoms. The lowest BCUT2D eigenvalue weighted by Gasteiger charge is -2.48. The van der Waals surface area contributed by atoms with E-state index in [0.29, 0.717) is 11.3 Å². The van der Waals surface area contributed by atoms with E-state index in [2.05, 4.69) is 10.2 Å². The van der Waals surface area contributed by atoms with Crippen LogP contribution in [0.1, 0.15) is 35.3 Å². The van der Waals surface area contributed by atoms with Gasteiger partial charge in [0.2, 0.25) is 11.9 Å². The van der Waals surface area contributed by atoms with Gasteiger partial charge in [0.15, 0.2) is 5.75 Å². The molecule has 0 atom stereocenters. The monoisotopic (exact) mass is 423 g/mol. The molecule has 0 aliphatic carbocycles. The average Bonchev–Trinajstić information content (AvgIpc) is 2.83. The van der Waals surface area contributed by atoms with Crippen LogP contribution in [-0.2, 0) is 6.61 Å². The van der Waals surface area contributed by atoms with Crippen molar-refractivity contribution < 1.29 is 23.7 Å². The smallest absolute Gasteiger partial charge is 0.374 e. The summed E-state index contributed by atoms with van der Waals surface area (Å²) in [6.45, 7) is 3.98. The minimum absolute atomic E-state index is 0.0816. The quantitative estimate of drug-likeness (QED) is 0.394. The highest BCUT2D eigenvalue weighted by Gasteiger charge is 2.39. The normalized spacial score (nSPS) is 22.0. The third-order valence-electron chi connectivity index (χ3n) is 6.39. The molecule has 3 saturated heterocycles. The fraction of sp³-hybridized carbons (Fsp3) is 0.455. The molecule has 3 aliphatic rings. The van der Waals surface area contributed by atoms with E-state index in [0.717, 1.165) is 56.4 Å². The molecule has 1 amide bonds. The molecule has 8 nitrogen and oxygen atoms in total. The number of piperidine rings is 3. The van der Waals surface area contributed by atoms with Crippen molar-refractivity contribution in [1.29, 1.82) is 0 Å². The molecule has 0 unspecified atom stereocenters. The molecule has 0 saturated carbocycles. The first kappa shape index (κ1) is 21.3. The van der Waals surface area contributed by atoms with E-state index in [1.165, 1.54) is 6.07 Å². The summed E-state index contributed by atoms with van der Waals surface area (Å²) in [7, 11) is 6.97. The van der Waals surface area contributed by atoms with Crippen LogP contribution in [0.2, 0.25) is 0 Å². The fourth-order valence-corrected chi connectivity index (χ4v) is 4.27. The Morgan fingerprint density at radius 3 is 2.48 bits per heavy atom. The number of carbonyl (C=O) groups is 1. The molecule has 162 valence electrons. The Morgan fingerprint density at radius 2 is 1.87 bits per heavy atom. The van der Waals surface area contributed by atoms with Gasteiger partial charge in [0.1, 0.15) is 12.4 Å². The van der Waals surface area contributed by atoms with Crippen molar-refractivity contribution in [2.45, 2.75) is 25.9 Å². The number of pyridine rings is 1. The number of hydrogen-bond donors (Lipinski definition) is 1. The van der Waals surface area contributed by atoms with E-state index in [1.807, 2.05) is 24.3 Å². The van der Waals surface area contributed by atoms with Gasteiger partial charge in [0, 0.05) is 6.54 Å². The molecule has 2 aromatic rings. The second-order valence-corrected chi connectivity index (χ2v) is 8.24. The Morgan fingerprint density at radius 1 is 1.19 bits per heavy atom. The van der Waals surface area contributed by atoms with Crippen molar-refractivity contribution in [1.82, 2.24) is 10.2 Å². The molecule has 1 N–H and O–H groups in total. The highest BCUT2D eigenvalue weighted by molar-refractivity contribution is 6.00. The van der Waals surface area contributed by atoms with Gasteiger partial charge in [0.05, 0.1) is 13.2 Å². The topological polar surface area (TPSA) is 87.0 Å². The Balaban J connectivity index is 1.41. The van der Waals surface area contributed by atoms with Crippen molar-refractivity contribution in [2.24, 2.45) is 5.41 Å². The molecule has 0 spiro atoms. The van der Waals surface area contributed by atoms with E-state index < -0.39 is 5.91 Å². The summed E-state index contributed by atoms with van der Waals surface area (Å²) in [5.41, 5.74) is 0.926. The first-order valence-corrected chi connectivity index (χ1v) is 10.4. The van der Waals surface area contributed by atoms with Crippen LogP contribution in [0.15, 0.2) is 36.5 Å². The van der Waals surface area contributed by atoms with Crippen LogP contribution in [0.4, 0.5) is 0 Å².